The lowest BCUT2D eigenvalue weighted by molar-refractivity contribution is 0.806. The number of hydrogen-bond acceptors (Lipinski definition) is 1. The first-order chi connectivity index (χ1) is 5.24. The molecule has 0 aliphatic rings. The standard InChI is InChI=1S/C9H16N2/c1-4-5-9-10-6-8(11-9)7(2)3/h6-7H,4-5H2,1-3H3,(H,10,11). The van der Waals surface area contributed by atoms with Gasteiger partial charge in [0.2, 0.25) is 0 Å². The molecule has 62 valence electrons. The van der Waals surface area contributed by atoms with Crippen molar-refractivity contribution in [2.24, 2.45) is 0 Å². The van der Waals surface area contributed by atoms with Gasteiger partial charge >= 0.3 is 0 Å². The van der Waals surface area contributed by atoms with Crippen molar-refractivity contribution < 1.29 is 0 Å². The van der Waals surface area contributed by atoms with E-state index >= 15 is 0 Å². The monoisotopic (exact) mass is 152 g/mol. The molecule has 1 N–H and O–H groups in total. The number of imidazole rings is 1. The molecule has 1 heterocycles. The Morgan fingerprint density at radius 3 is 2.73 bits per heavy atom. The second kappa shape index (κ2) is 3.56. The van der Waals surface area contributed by atoms with Crippen LogP contribution in [0.25, 0.3) is 0 Å². The Hall–Kier alpha value is -0.790. The molecule has 1 aromatic rings. The van der Waals surface area contributed by atoms with E-state index in [2.05, 4.69) is 30.7 Å². The number of aromatic nitrogens is 2. The van der Waals surface area contributed by atoms with E-state index in [9.17, 15) is 0 Å². The van der Waals surface area contributed by atoms with Gasteiger partial charge in [-0.2, -0.15) is 0 Å². The fraction of sp³-hybridized carbons (Fsp3) is 0.667. The second-order valence-electron chi connectivity index (χ2n) is 3.18. The van der Waals surface area contributed by atoms with Crippen molar-refractivity contribution in [3.8, 4) is 0 Å². The summed E-state index contributed by atoms with van der Waals surface area (Å²) in [4.78, 5) is 7.62. The molecule has 0 saturated carbocycles. The van der Waals surface area contributed by atoms with Gasteiger partial charge in [0.15, 0.2) is 0 Å². The predicted molar refractivity (Wildman–Crippen MR) is 46.7 cm³/mol. The van der Waals surface area contributed by atoms with E-state index in [-0.39, 0.29) is 0 Å². The van der Waals surface area contributed by atoms with Crippen molar-refractivity contribution in [1.29, 1.82) is 0 Å². The molecule has 11 heavy (non-hydrogen) atoms. The van der Waals surface area contributed by atoms with Gasteiger partial charge in [-0.15, -0.1) is 0 Å². The average Bonchev–Trinajstić information content (AvgIpc) is 2.37. The van der Waals surface area contributed by atoms with E-state index in [1.807, 2.05) is 6.20 Å². The molecular formula is C9H16N2. The molecule has 1 rings (SSSR count). The van der Waals surface area contributed by atoms with Gasteiger partial charge in [-0.3, -0.25) is 0 Å². The number of nitrogens with zero attached hydrogens (tertiary/aromatic N) is 1. The van der Waals surface area contributed by atoms with Crippen LogP contribution in [-0.2, 0) is 6.42 Å². The van der Waals surface area contributed by atoms with Crippen LogP contribution in [0.2, 0.25) is 0 Å². The van der Waals surface area contributed by atoms with Crippen LogP contribution in [-0.4, -0.2) is 9.97 Å². The highest BCUT2D eigenvalue weighted by Gasteiger charge is 2.02. The van der Waals surface area contributed by atoms with E-state index in [1.54, 1.807) is 0 Å². The van der Waals surface area contributed by atoms with Gasteiger partial charge in [0.05, 0.1) is 5.69 Å². The molecule has 1 aromatic heterocycles. The molecular weight excluding hydrogens is 136 g/mol. The Kier molecular flexibility index (Phi) is 2.69. The first-order valence-electron chi connectivity index (χ1n) is 4.28. The van der Waals surface area contributed by atoms with Gasteiger partial charge < -0.3 is 4.98 Å². The highest BCUT2D eigenvalue weighted by molar-refractivity contribution is 5.05. The van der Waals surface area contributed by atoms with Crippen LogP contribution in [0.1, 0.15) is 44.6 Å². The minimum absolute atomic E-state index is 0.539. The first-order valence-corrected chi connectivity index (χ1v) is 4.28. The Bertz CT molecular complexity index is 213. The summed E-state index contributed by atoms with van der Waals surface area (Å²) in [5, 5.41) is 0. The van der Waals surface area contributed by atoms with Crippen molar-refractivity contribution >= 4 is 0 Å². The second-order valence-corrected chi connectivity index (χ2v) is 3.18. The lowest BCUT2D eigenvalue weighted by atomic mass is 10.2. The number of rotatable bonds is 3. The van der Waals surface area contributed by atoms with Crippen molar-refractivity contribution in [2.45, 2.75) is 39.5 Å². The number of hydrogen-bond donors (Lipinski definition) is 1. The van der Waals surface area contributed by atoms with E-state index in [1.165, 1.54) is 5.69 Å². The highest BCUT2D eigenvalue weighted by Crippen LogP contribution is 2.11. The molecule has 0 atom stereocenters. The number of aromatic amines is 1. The predicted octanol–water partition coefficient (Wildman–Crippen LogP) is 2.49. The molecule has 2 heteroatoms. The zero-order valence-corrected chi connectivity index (χ0v) is 7.52. The van der Waals surface area contributed by atoms with Crippen molar-refractivity contribution in [2.75, 3.05) is 0 Å². The first kappa shape index (κ1) is 8.31. The van der Waals surface area contributed by atoms with Gasteiger partial charge in [-0.1, -0.05) is 20.8 Å². The summed E-state index contributed by atoms with van der Waals surface area (Å²) in [7, 11) is 0. The fourth-order valence-electron chi connectivity index (χ4n) is 1.04. The highest BCUT2D eigenvalue weighted by atomic mass is 14.9. The van der Waals surface area contributed by atoms with Gasteiger partial charge in [0.25, 0.3) is 0 Å². The molecule has 0 bridgehead atoms. The smallest absolute Gasteiger partial charge is 0.106 e. The van der Waals surface area contributed by atoms with Crippen LogP contribution >= 0.6 is 0 Å². The van der Waals surface area contributed by atoms with E-state index in [0.717, 1.165) is 18.7 Å². The van der Waals surface area contributed by atoms with Gasteiger partial charge in [0, 0.05) is 12.6 Å². The van der Waals surface area contributed by atoms with Crippen LogP contribution in [0.4, 0.5) is 0 Å². The molecule has 0 aliphatic carbocycles. The molecule has 0 aliphatic heterocycles. The van der Waals surface area contributed by atoms with Crippen LogP contribution < -0.4 is 0 Å². The zero-order valence-electron chi connectivity index (χ0n) is 7.52. The topological polar surface area (TPSA) is 28.7 Å². The summed E-state index contributed by atoms with van der Waals surface area (Å²) in [6, 6.07) is 0. The van der Waals surface area contributed by atoms with Crippen molar-refractivity contribution in [3.05, 3.63) is 17.7 Å². The molecule has 0 radical (unpaired) electrons. The van der Waals surface area contributed by atoms with Gasteiger partial charge in [0.1, 0.15) is 5.82 Å². The number of aryl methyl sites for hydroxylation is 1. The lowest BCUT2D eigenvalue weighted by Crippen LogP contribution is -1.89. The third-order valence-corrected chi connectivity index (χ3v) is 1.73. The third-order valence-electron chi connectivity index (χ3n) is 1.73. The SMILES string of the molecule is CCCc1nc(C(C)C)c[nH]1. The Labute approximate surface area is 68.0 Å². The summed E-state index contributed by atoms with van der Waals surface area (Å²) >= 11 is 0. The van der Waals surface area contributed by atoms with Crippen LogP contribution in [0.15, 0.2) is 6.20 Å². The largest absolute Gasteiger partial charge is 0.348 e. The maximum absolute atomic E-state index is 4.44. The maximum Gasteiger partial charge on any atom is 0.106 e. The summed E-state index contributed by atoms with van der Waals surface area (Å²) in [6.07, 6.45) is 4.23. The molecule has 0 amide bonds. The van der Waals surface area contributed by atoms with Crippen molar-refractivity contribution in [1.82, 2.24) is 9.97 Å². The lowest BCUT2D eigenvalue weighted by Gasteiger charge is -1.95. The molecule has 0 unspecified atom stereocenters. The molecule has 0 aromatic carbocycles. The Morgan fingerprint density at radius 1 is 1.55 bits per heavy atom. The maximum atomic E-state index is 4.44. The summed E-state index contributed by atoms with van der Waals surface area (Å²) < 4.78 is 0. The normalized spacial score (nSPS) is 10.9. The zero-order chi connectivity index (χ0) is 8.27. The average molecular weight is 152 g/mol. The molecule has 0 fully saturated rings. The molecule has 0 spiro atoms. The Morgan fingerprint density at radius 2 is 2.27 bits per heavy atom. The van der Waals surface area contributed by atoms with E-state index in [0.29, 0.717) is 5.92 Å². The quantitative estimate of drug-likeness (QED) is 0.708. The van der Waals surface area contributed by atoms with Crippen LogP contribution in [0, 0.1) is 0 Å². The Balaban J connectivity index is 2.66. The molecule has 0 saturated heterocycles. The van der Waals surface area contributed by atoms with Crippen molar-refractivity contribution in [3.63, 3.8) is 0 Å². The number of H-pyrrole nitrogens is 1. The minimum atomic E-state index is 0.539. The summed E-state index contributed by atoms with van der Waals surface area (Å²) in [6.45, 7) is 6.48. The molecule has 2 nitrogen and oxygen atoms in total. The van der Waals surface area contributed by atoms with E-state index < -0.39 is 0 Å². The van der Waals surface area contributed by atoms with Crippen LogP contribution in [0.3, 0.4) is 0 Å². The third kappa shape index (κ3) is 2.07. The fourth-order valence-corrected chi connectivity index (χ4v) is 1.04. The van der Waals surface area contributed by atoms with Gasteiger partial charge in [-0.25, -0.2) is 4.98 Å². The van der Waals surface area contributed by atoms with Gasteiger partial charge in [-0.05, 0) is 12.3 Å². The summed E-state index contributed by atoms with van der Waals surface area (Å²) in [5.74, 6) is 1.66. The minimum Gasteiger partial charge on any atom is -0.348 e. The van der Waals surface area contributed by atoms with Crippen LogP contribution in [0.5, 0.6) is 0 Å². The number of nitrogens with one attached hydrogen (secondary N) is 1. The summed E-state index contributed by atoms with van der Waals surface area (Å²) in [5.41, 5.74) is 1.17. The van der Waals surface area contributed by atoms with E-state index in [4.69, 9.17) is 0 Å².